The van der Waals surface area contributed by atoms with Crippen LogP contribution in [-0.4, -0.2) is 50.4 Å². The lowest BCUT2D eigenvalue weighted by molar-refractivity contribution is -0.160. The number of esters is 1. The van der Waals surface area contributed by atoms with Crippen molar-refractivity contribution in [2.75, 3.05) is 4.90 Å². The van der Waals surface area contributed by atoms with Gasteiger partial charge in [0.1, 0.15) is 28.7 Å². The fraction of sp³-hybridized carbons (Fsp3) is 0.500. The standard InChI is InChI=1S/C44H48F5N5O6/c1-40(2,3)59-37(56)27-14-15-43(19-25(16-27)20-43)38-53-52-35(58-38)29-17-34-30(18-31(29)45)42(7,46)21-33(51-39(57)60-41(4,5)6)36(55)54(34)23-24-8-10-26(11-9-24)32-13-12-28(22-50-32)44(47,48)49/h8-13,17-18,22,25,27,33H,14-16,19-21,23H2,1-7H3,(H,51,57). The lowest BCUT2D eigenvalue weighted by Crippen LogP contribution is -2.50. The molecule has 8 rings (SSSR count). The van der Waals surface area contributed by atoms with Crippen molar-refractivity contribution in [3.63, 3.8) is 0 Å². The Bertz CT molecular complexity index is 2270. The maximum Gasteiger partial charge on any atom is 0.417 e. The average molecular weight is 838 g/mol. The third-order valence-electron chi connectivity index (χ3n) is 11.3. The first kappa shape index (κ1) is 42.7. The van der Waals surface area contributed by atoms with Gasteiger partial charge in [0.25, 0.3) is 5.89 Å². The van der Waals surface area contributed by atoms with Gasteiger partial charge in [0, 0.05) is 29.2 Å². The Hall–Kier alpha value is -5.41. The second kappa shape index (κ2) is 15.2. The molecule has 3 atom stereocenters. The number of ether oxygens (including phenoxy) is 2. The number of rotatable bonds is 7. The summed E-state index contributed by atoms with van der Waals surface area (Å²) < 4.78 is 89.9. The van der Waals surface area contributed by atoms with Gasteiger partial charge in [-0.1, -0.05) is 24.3 Å². The molecule has 4 aromatic rings. The first-order valence-corrected chi connectivity index (χ1v) is 19.9. The van der Waals surface area contributed by atoms with E-state index in [4.69, 9.17) is 13.9 Å². The Morgan fingerprint density at radius 3 is 2.25 bits per heavy atom. The highest BCUT2D eigenvalue weighted by molar-refractivity contribution is 6.01. The molecule has 3 saturated carbocycles. The van der Waals surface area contributed by atoms with E-state index in [1.807, 2.05) is 20.8 Å². The summed E-state index contributed by atoms with van der Waals surface area (Å²) in [5.41, 5.74) is -4.31. The van der Waals surface area contributed by atoms with E-state index < -0.39 is 64.3 Å². The SMILES string of the molecule is CC(C)(C)OC(=O)NC1CC(C)(F)c2cc(F)c(-c3nnc(C45CCC(C(=O)OC(C)(C)C)CC(C4)C5)o3)cc2N(Cc2ccc(-c3ccc(C(F)(F)F)cn3)cc2)C1=O. The van der Waals surface area contributed by atoms with E-state index in [0.29, 0.717) is 49.1 Å². The topological polar surface area (TPSA) is 137 Å². The number of nitrogens with zero attached hydrogens (tertiary/aromatic N) is 4. The Morgan fingerprint density at radius 1 is 0.950 bits per heavy atom. The van der Waals surface area contributed by atoms with Crippen molar-refractivity contribution in [2.45, 2.75) is 128 Å². The van der Waals surface area contributed by atoms with E-state index in [9.17, 15) is 27.6 Å². The molecule has 4 aliphatic rings. The van der Waals surface area contributed by atoms with Gasteiger partial charge in [-0.3, -0.25) is 14.6 Å². The maximum absolute atomic E-state index is 16.9. The molecule has 3 aliphatic carbocycles. The molecule has 0 radical (unpaired) electrons. The summed E-state index contributed by atoms with van der Waals surface area (Å²) in [4.78, 5) is 45.6. The Morgan fingerprint density at radius 2 is 1.63 bits per heavy atom. The van der Waals surface area contributed by atoms with E-state index in [1.54, 1.807) is 45.0 Å². The van der Waals surface area contributed by atoms with Crippen LogP contribution in [0.1, 0.15) is 110 Å². The summed E-state index contributed by atoms with van der Waals surface area (Å²) in [6.07, 6.45) is -2.05. The van der Waals surface area contributed by atoms with E-state index in [2.05, 4.69) is 20.5 Å². The van der Waals surface area contributed by atoms with Gasteiger partial charge < -0.3 is 24.1 Å². The summed E-state index contributed by atoms with van der Waals surface area (Å²) in [6, 6.07) is 9.54. The lowest BCUT2D eigenvalue weighted by atomic mass is 9.61. The van der Waals surface area contributed by atoms with Crippen molar-refractivity contribution < 1.29 is 50.2 Å². The molecule has 2 aromatic carbocycles. The van der Waals surface area contributed by atoms with Gasteiger partial charge in [-0.15, -0.1) is 10.2 Å². The highest BCUT2D eigenvalue weighted by atomic mass is 19.4. The summed E-state index contributed by atoms with van der Waals surface area (Å²) in [6.45, 7) is 11.4. The van der Waals surface area contributed by atoms with Crippen molar-refractivity contribution in [2.24, 2.45) is 11.8 Å². The molecule has 2 bridgehead atoms. The number of nitrogens with one attached hydrogen (secondary N) is 1. The number of amides is 2. The monoisotopic (exact) mass is 837 g/mol. The van der Waals surface area contributed by atoms with E-state index in [1.165, 1.54) is 24.0 Å². The van der Waals surface area contributed by atoms with Gasteiger partial charge in [-0.25, -0.2) is 13.6 Å². The quantitative estimate of drug-likeness (QED) is 0.143. The van der Waals surface area contributed by atoms with Gasteiger partial charge in [-0.05, 0) is 116 Å². The number of carbonyl (C=O) groups excluding carboxylic acids is 3. The molecule has 3 fully saturated rings. The number of carbonyl (C=O) groups is 3. The third-order valence-corrected chi connectivity index (χ3v) is 11.3. The largest absolute Gasteiger partial charge is 0.460 e. The second-order valence-corrected chi connectivity index (χ2v) is 18.5. The number of pyridine rings is 1. The molecular formula is C44H48F5N5O6. The molecule has 1 aliphatic heterocycles. The number of aromatic nitrogens is 3. The van der Waals surface area contributed by atoms with E-state index in [0.717, 1.165) is 18.3 Å². The molecule has 0 saturated heterocycles. The summed E-state index contributed by atoms with van der Waals surface area (Å²) in [5.74, 6) is -1.72. The first-order valence-electron chi connectivity index (χ1n) is 19.9. The number of benzene rings is 2. The number of alkyl halides is 4. The highest BCUT2D eigenvalue weighted by Gasteiger charge is 2.53. The minimum absolute atomic E-state index is 0.000313. The molecule has 3 unspecified atom stereocenters. The minimum atomic E-state index is -4.55. The van der Waals surface area contributed by atoms with Crippen LogP contribution in [-0.2, 0) is 42.9 Å². The summed E-state index contributed by atoms with van der Waals surface area (Å²) in [5, 5.41) is 11.1. The molecule has 11 nitrogen and oxygen atoms in total. The van der Waals surface area contributed by atoms with Crippen LogP contribution in [0, 0.1) is 17.7 Å². The molecule has 1 N–H and O–H groups in total. The van der Waals surface area contributed by atoms with Crippen molar-refractivity contribution in [1.29, 1.82) is 0 Å². The predicted octanol–water partition coefficient (Wildman–Crippen LogP) is 9.76. The van der Waals surface area contributed by atoms with Crippen LogP contribution in [0.15, 0.2) is 59.1 Å². The Balaban J connectivity index is 1.21. The van der Waals surface area contributed by atoms with Crippen LogP contribution in [0.2, 0.25) is 0 Å². The van der Waals surface area contributed by atoms with Crippen molar-refractivity contribution in [3.05, 3.63) is 83.1 Å². The number of hydrogen-bond donors (Lipinski definition) is 1. The predicted molar refractivity (Wildman–Crippen MR) is 209 cm³/mol. The van der Waals surface area contributed by atoms with Crippen LogP contribution in [0.4, 0.5) is 32.4 Å². The van der Waals surface area contributed by atoms with Crippen LogP contribution in [0.25, 0.3) is 22.7 Å². The third kappa shape index (κ3) is 9.02. The molecule has 0 spiro atoms. The van der Waals surface area contributed by atoms with Crippen LogP contribution in [0.3, 0.4) is 0 Å². The zero-order valence-electron chi connectivity index (χ0n) is 34.5. The molecule has 2 aromatic heterocycles. The summed E-state index contributed by atoms with van der Waals surface area (Å²) >= 11 is 0. The first-order chi connectivity index (χ1) is 27.9. The smallest absolute Gasteiger partial charge is 0.417 e. The van der Waals surface area contributed by atoms with Crippen molar-refractivity contribution in [3.8, 4) is 22.7 Å². The fourth-order valence-corrected chi connectivity index (χ4v) is 8.49. The Labute approximate surface area is 344 Å². The second-order valence-electron chi connectivity index (χ2n) is 18.5. The molecule has 16 heteroatoms. The van der Waals surface area contributed by atoms with E-state index >= 15 is 8.78 Å². The van der Waals surface area contributed by atoms with Gasteiger partial charge in [0.15, 0.2) is 0 Å². The molecule has 2 amide bonds. The molecular weight excluding hydrogens is 790 g/mol. The Kier molecular flexibility index (Phi) is 10.9. The van der Waals surface area contributed by atoms with Gasteiger partial charge >= 0.3 is 18.2 Å². The normalized spacial score (nSPS) is 24.4. The average Bonchev–Trinajstić information content (AvgIpc) is 3.40. The van der Waals surface area contributed by atoms with Crippen LogP contribution >= 0.6 is 0 Å². The van der Waals surface area contributed by atoms with Gasteiger partial charge in [-0.2, -0.15) is 13.2 Å². The number of hydrogen-bond acceptors (Lipinski definition) is 9. The maximum atomic E-state index is 16.9. The van der Waals surface area contributed by atoms with Gasteiger partial charge in [0.2, 0.25) is 11.8 Å². The van der Waals surface area contributed by atoms with Crippen LogP contribution in [0.5, 0.6) is 0 Å². The number of fused-ring (bicyclic) bond motifs is 4. The number of halogens is 5. The van der Waals surface area contributed by atoms with Crippen molar-refractivity contribution in [1.82, 2.24) is 20.5 Å². The van der Waals surface area contributed by atoms with Crippen molar-refractivity contribution >= 4 is 23.7 Å². The molecule has 3 heterocycles. The zero-order chi connectivity index (χ0) is 43.6. The molecule has 320 valence electrons. The lowest BCUT2D eigenvalue weighted by Gasteiger charge is -2.43. The summed E-state index contributed by atoms with van der Waals surface area (Å²) in [7, 11) is 0. The van der Waals surface area contributed by atoms with Gasteiger partial charge in [0.05, 0.1) is 35.0 Å². The zero-order valence-corrected chi connectivity index (χ0v) is 34.5. The number of alkyl carbamates (subject to hydrolysis) is 1. The number of anilines is 1. The minimum Gasteiger partial charge on any atom is -0.460 e. The molecule has 60 heavy (non-hydrogen) atoms. The highest BCUT2D eigenvalue weighted by Crippen LogP contribution is 2.56. The van der Waals surface area contributed by atoms with E-state index in [-0.39, 0.29) is 52.7 Å². The fourth-order valence-electron chi connectivity index (χ4n) is 8.49. The van der Waals surface area contributed by atoms with Crippen LogP contribution < -0.4 is 10.2 Å².